The number of nitro groups is 1. The molecule has 1 heterocycles. The molecule has 0 radical (unpaired) electrons. The molecule has 1 N–H and O–H groups in total. The molecule has 0 unspecified atom stereocenters. The van der Waals surface area contributed by atoms with Crippen LogP contribution in [-0.2, 0) is 0 Å². The van der Waals surface area contributed by atoms with Gasteiger partial charge < -0.3 is 9.72 Å². The molecule has 0 aliphatic heterocycles. The first kappa shape index (κ1) is 11.1. The Bertz CT molecular complexity index is 615. The molecular weight excluding hydrogens is 224 g/mol. The summed E-state index contributed by atoms with van der Waals surface area (Å²) in [5.41, 5.74) is 1.27. The van der Waals surface area contributed by atoms with Crippen molar-refractivity contribution in [3.05, 3.63) is 33.5 Å². The van der Waals surface area contributed by atoms with Crippen LogP contribution in [0.3, 0.4) is 0 Å². The molecule has 2 rings (SSSR count). The molecule has 0 saturated carbocycles. The number of aryl methyl sites for hydroxylation is 1. The summed E-state index contributed by atoms with van der Waals surface area (Å²) in [5, 5.41) is 11.4. The molecule has 17 heavy (non-hydrogen) atoms. The maximum atomic E-state index is 11.1. The van der Waals surface area contributed by atoms with Gasteiger partial charge in [0, 0.05) is 11.3 Å². The van der Waals surface area contributed by atoms with Crippen LogP contribution < -0.4 is 4.74 Å². The lowest BCUT2D eigenvalue weighted by Crippen LogP contribution is -1.95. The van der Waals surface area contributed by atoms with Gasteiger partial charge >= 0.3 is 5.69 Å². The van der Waals surface area contributed by atoms with Crippen molar-refractivity contribution in [2.45, 2.75) is 6.92 Å². The topological polar surface area (TPSA) is 85.2 Å². The maximum absolute atomic E-state index is 11.1. The van der Waals surface area contributed by atoms with Crippen LogP contribution >= 0.6 is 0 Å². The van der Waals surface area contributed by atoms with Gasteiger partial charge in [0.05, 0.1) is 22.9 Å². The normalized spacial score (nSPS) is 10.5. The van der Waals surface area contributed by atoms with Gasteiger partial charge in [-0.15, -0.1) is 0 Å². The quantitative estimate of drug-likeness (QED) is 0.501. The summed E-state index contributed by atoms with van der Waals surface area (Å²) < 4.78 is 4.95. The molecule has 0 saturated heterocycles. The molecule has 0 fully saturated rings. The van der Waals surface area contributed by atoms with Gasteiger partial charge in [-0.2, -0.15) is 0 Å². The third kappa shape index (κ3) is 1.54. The number of aromatic amines is 1. The second kappa shape index (κ2) is 3.89. The summed E-state index contributed by atoms with van der Waals surface area (Å²) in [6.07, 6.45) is 0.612. The Labute approximate surface area is 96.3 Å². The zero-order valence-electron chi connectivity index (χ0n) is 9.31. The Balaban J connectivity index is 2.96. The predicted molar refractivity (Wildman–Crippen MR) is 61.6 cm³/mol. The summed E-state index contributed by atoms with van der Waals surface area (Å²) in [7, 11) is 1.36. The zero-order chi connectivity index (χ0) is 12.6. The number of nitrogens with one attached hydrogen (secondary N) is 1. The van der Waals surface area contributed by atoms with Crippen molar-refractivity contribution >= 4 is 22.9 Å². The minimum Gasteiger partial charge on any atom is -0.490 e. The largest absolute Gasteiger partial charge is 0.490 e. The van der Waals surface area contributed by atoms with E-state index in [9.17, 15) is 14.9 Å². The Morgan fingerprint density at radius 2 is 2.18 bits per heavy atom. The summed E-state index contributed by atoms with van der Waals surface area (Å²) in [5.74, 6) is 0.143. The number of hydrogen-bond acceptors (Lipinski definition) is 4. The number of rotatable bonds is 3. The first-order chi connectivity index (χ1) is 8.10. The number of benzene rings is 1. The molecule has 1 aromatic heterocycles. The van der Waals surface area contributed by atoms with Gasteiger partial charge in [-0.1, -0.05) is 0 Å². The standard InChI is InChI=1S/C11H10N2O4/c1-6-7(5-14)10-8(12-6)3-4-9(17-2)11(10)13(15)16/h3-5,12H,1-2H3. The smallest absolute Gasteiger partial charge is 0.320 e. The van der Waals surface area contributed by atoms with E-state index in [1.165, 1.54) is 13.2 Å². The molecule has 0 aliphatic rings. The van der Waals surface area contributed by atoms with E-state index in [0.29, 0.717) is 28.4 Å². The molecule has 6 heteroatoms. The fourth-order valence-corrected chi connectivity index (χ4v) is 1.90. The van der Waals surface area contributed by atoms with E-state index in [1.54, 1.807) is 13.0 Å². The summed E-state index contributed by atoms with van der Waals surface area (Å²) >= 11 is 0. The highest BCUT2D eigenvalue weighted by atomic mass is 16.6. The zero-order valence-corrected chi connectivity index (χ0v) is 9.31. The monoisotopic (exact) mass is 234 g/mol. The lowest BCUT2D eigenvalue weighted by atomic mass is 10.1. The second-order valence-electron chi connectivity index (χ2n) is 3.58. The number of H-pyrrole nitrogens is 1. The van der Waals surface area contributed by atoms with E-state index in [-0.39, 0.29) is 11.4 Å². The van der Waals surface area contributed by atoms with Crippen LogP contribution in [0.1, 0.15) is 16.1 Å². The fraction of sp³-hybridized carbons (Fsp3) is 0.182. The lowest BCUT2D eigenvalue weighted by Gasteiger charge is -2.02. The number of nitro benzene ring substituents is 1. The fourth-order valence-electron chi connectivity index (χ4n) is 1.90. The van der Waals surface area contributed by atoms with E-state index in [2.05, 4.69) is 4.98 Å². The van der Waals surface area contributed by atoms with Crippen LogP contribution in [0, 0.1) is 17.0 Å². The number of carbonyl (C=O) groups excluding carboxylic acids is 1. The Hall–Kier alpha value is -2.37. The third-order valence-electron chi connectivity index (χ3n) is 2.66. The maximum Gasteiger partial charge on any atom is 0.320 e. The molecule has 6 nitrogen and oxygen atoms in total. The van der Waals surface area contributed by atoms with Gasteiger partial charge in [0.2, 0.25) is 0 Å². The van der Waals surface area contributed by atoms with Crippen LogP contribution in [0.5, 0.6) is 5.75 Å². The third-order valence-corrected chi connectivity index (χ3v) is 2.66. The number of aromatic nitrogens is 1. The van der Waals surface area contributed by atoms with Crippen molar-refractivity contribution in [1.82, 2.24) is 4.98 Å². The van der Waals surface area contributed by atoms with Crippen molar-refractivity contribution < 1.29 is 14.5 Å². The molecule has 2 aromatic rings. The number of hydrogen-bond donors (Lipinski definition) is 1. The molecule has 88 valence electrons. The van der Waals surface area contributed by atoms with Crippen LogP contribution in [-0.4, -0.2) is 23.3 Å². The minimum absolute atomic E-state index is 0.143. The summed E-state index contributed by atoms with van der Waals surface area (Å²) in [6.45, 7) is 1.69. The first-order valence-corrected chi connectivity index (χ1v) is 4.89. The number of ether oxygens (including phenoxy) is 1. The molecule has 0 bridgehead atoms. The number of methoxy groups -OCH3 is 1. The van der Waals surface area contributed by atoms with Gasteiger partial charge in [-0.25, -0.2) is 0 Å². The van der Waals surface area contributed by atoms with Gasteiger partial charge in [0.15, 0.2) is 12.0 Å². The SMILES string of the molecule is COc1ccc2[nH]c(C)c(C=O)c2c1[N+](=O)[O-]. The van der Waals surface area contributed by atoms with E-state index >= 15 is 0 Å². The van der Waals surface area contributed by atoms with Crippen molar-refractivity contribution in [3.8, 4) is 5.75 Å². The van der Waals surface area contributed by atoms with Crippen molar-refractivity contribution in [3.63, 3.8) is 0 Å². The van der Waals surface area contributed by atoms with Gasteiger partial charge in [-0.05, 0) is 19.1 Å². The highest BCUT2D eigenvalue weighted by Crippen LogP contribution is 2.37. The average molecular weight is 234 g/mol. The van der Waals surface area contributed by atoms with E-state index in [4.69, 9.17) is 4.74 Å². The van der Waals surface area contributed by atoms with Crippen molar-refractivity contribution in [2.24, 2.45) is 0 Å². The molecular formula is C11H10N2O4. The lowest BCUT2D eigenvalue weighted by molar-refractivity contribution is -0.383. The highest BCUT2D eigenvalue weighted by Gasteiger charge is 2.24. The summed E-state index contributed by atoms with van der Waals surface area (Å²) in [6, 6.07) is 3.16. The van der Waals surface area contributed by atoms with Crippen molar-refractivity contribution in [2.75, 3.05) is 7.11 Å². The van der Waals surface area contributed by atoms with Crippen LogP contribution in [0.4, 0.5) is 5.69 Å². The Morgan fingerprint density at radius 1 is 1.47 bits per heavy atom. The predicted octanol–water partition coefficient (Wildman–Crippen LogP) is 2.21. The van der Waals surface area contributed by atoms with E-state index in [1.807, 2.05) is 0 Å². The highest BCUT2D eigenvalue weighted by molar-refractivity contribution is 6.05. The molecule has 0 atom stereocenters. The first-order valence-electron chi connectivity index (χ1n) is 4.89. The molecule has 0 spiro atoms. The second-order valence-corrected chi connectivity index (χ2v) is 3.58. The number of aldehydes is 1. The van der Waals surface area contributed by atoms with E-state index < -0.39 is 4.92 Å². The Morgan fingerprint density at radius 3 is 2.71 bits per heavy atom. The molecule has 0 aliphatic carbocycles. The number of nitrogens with zero attached hydrogens (tertiary/aromatic N) is 1. The molecule has 0 amide bonds. The van der Waals surface area contributed by atoms with Crippen LogP contribution in [0.25, 0.3) is 10.9 Å². The van der Waals surface area contributed by atoms with Gasteiger partial charge in [0.25, 0.3) is 0 Å². The van der Waals surface area contributed by atoms with Gasteiger partial charge in [-0.3, -0.25) is 14.9 Å². The van der Waals surface area contributed by atoms with Crippen molar-refractivity contribution in [1.29, 1.82) is 0 Å². The Kier molecular flexibility index (Phi) is 2.55. The summed E-state index contributed by atoms with van der Waals surface area (Å²) in [4.78, 5) is 24.5. The van der Waals surface area contributed by atoms with E-state index in [0.717, 1.165) is 0 Å². The molecule has 1 aromatic carbocycles. The minimum atomic E-state index is -0.540. The number of carbonyl (C=O) groups is 1. The van der Waals surface area contributed by atoms with Gasteiger partial charge in [0.1, 0.15) is 0 Å². The van der Waals surface area contributed by atoms with Crippen LogP contribution in [0.15, 0.2) is 12.1 Å². The van der Waals surface area contributed by atoms with Crippen LogP contribution in [0.2, 0.25) is 0 Å². The average Bonchev–Trinajstić information content (AvgIpc) is 2.62. The number of fused-ring (bicyclic) bond motifs is 1.